The lowest BCUT2D eigenvalue weighted by Gasteiger charge is -2.36. The zero-order valence-electron chi connectivity index (χ0n) is 64.9. The first kappa shape index (κ1) is 89.9. The van der Waals surface area contributed by atoms with E-state index >= 15 is 4.79 Å². The van der Waals surface area contributed by atoms with Gasteiger partial charge in [0.1, 0.15) is 82.9 Å². The number of H-pyrrole nitrogens is 1. The smallest absolute Gasteiger partial charge is 0.416 e. The second kappa shape index (κ2) is 38.9. The molecule has 1 fully saturated rings. The van der Waals surface area contributed by atoms with Crippen LogP contribution < -0.4 is 64.2 Å². The summed E-state index contributed by atoms with van der Waals surface area (Å²) in [6.45, 7) is 16.5. The number of nitrogens with zero attached hydrogens (tertiary/aromatic N) is 2. The third kappa shape index (κ3) is 24.8. The zero-order valence-corrected chi connectivity index (χ0v) is 66.5. The van der Waals surface area contributed by atoms with Crippen molar-refractivity contribution < 1.29 is 90.8 Å². The molecule has 0 saturated carbocycles. The molecule has 3 aromatic carbocycles. The van der Waals surface area contributed by atoms with Crippen molar-refractivity contribution >= 4 is 111 Å². The van der Waals surface area contributed by atoms with Crippen LogP contribution >= 0.6 is 23.5 Å². The molecular weight excluding hydrogens is 1510 g/mol. The minimum atomic E-state index is -4.84. The van der Waals surface area contributed by atoms with Crippen molar-refractivity contribution in [2.45, 2.75) is 217 Å². The van der Waals surface area contributed by atoms with E-state index in [1.807, 2.05) is 6.07 Å². The number of amides is 13. The molecule has 0 spiro atoms. The summed E-state index contributed by atoms with van der Waals surface area (Å²) < 4.78 is 42.8. The Morgan fingerprint density at radius 1 is 0.646 bits per heavy atom. The third-order valence-corrected chi connectivity index (χ3v) is 21.7. The van der Waals surface area contributed by atoms with Crippen molar-refractivity contribution in [1.82, 2.24) is 73.4 Å². The topological polar surface area (TPSA) is 473 Å². The second-order valence-electron chi connectivity index (χ2n) is 30.5. The lowest BCUT2D eigenvalue weighted by atomic mass is 9.85. The minimum Gasteiger partial charge on any atom is -0.508 e. The minimum absolute atomic E-state index is 0.0619. The summed E-state index contributed by atoms with van der Waals surface area (Å²) in [5.41, 5.74) is 2.28. The average Bonchev–Trinajstić information content (AvgIpc) is 1.80. The highest BCUT2D eigenvalue weighted by Crippen LogP contribution is 2.31. The quantitative estimate of drug-likeness (QED) is 0.0893. The maximum absolute atomic E-state index is 15.2. The molecule has 0 aliphatic carbocycles. The molecule has 1 saturated heterocycles. The highest BCUT2D eigenvalue weighted by atomic mass is 32.2. The van der Waals surface area contributed by atoms with Crippen LogP contribution in [0.2, 0.25) is 0 Å². The van der Waals surface area contributed by atoms with Crippen molar-refractivity contribution in [2.75, 3.05) is 18.1 Å². The first-order chi connectivity index (χ1) is 52.9. The summed E-state index contributed by atoms with van der Waals surface area (Å²) in [6.07, 6.45) is -6.29. The molecule has 2 bridgehead atoms. The number of phenolic OH excluding ortho intramolecular Hbond substituents is 1. The number of thioether (sulfide) groups is 2. The number of carbonyl (C=O) groups excluding carboxylic acids is 13. The van der Waals surface area contributed by atoms with Gasteiger partial charge in [0.2, 0.25) is 76.8 Å². The molecule has 13 amide bonds. The highest BCUT2D eigenvalue weighted by Gasteiger charge is 2.46. The Morgan fingerprint density at radius 2 is 1.23 bits per heavy atom. The Hall–Kier alpha value is -10.3. The molecule has 17 N–H and O–H groups in total. The molecule has 2 aliphatic rings. The van der Waals surface area contributed by atoms with Gasteiger partial charge >= 0.3 is 6.18 Å². The van der Waals surface area contributed by atoms with Crippen molar-refractivity contribution in [2.24, 2.45) is 17.1 Å². The van der Waals surface area contributed by atoms with Crippen LogP contribution in [0.1, 0.15) is 129 Å². The average molecular weight is 1610 g/mol. The van der Waals surface area contributed by atoms with Crippen LogP contribution in [0.4, 0.5) is 13.2 Å². The van der Waals surface area contributed by atoms with Gasteiger partial charge in [-0.15, -0.1) is 0 Å². The van der Waals surface area contributed by atoms with Crippen LogP contribution in [-0.4, -0.2) is 209 Å². The van der Waals surface area contributed by atoms with E-state index in [9.17, 15) is 86.0 Å². The van der Waals surface area contributed by atoms with Crippen molar-refractivity contribution in [1.29, 1.82) is 0 Å². The number of hydrogen-bond acceptors (Lipinski definition) is 19. The Balaban J connectivity index is 1.24. The van der Waals surface area contributed by atoms with E-state index in [4.69, 9.17) is 5.73 Å². The van der Waals surface area contributed by atoms with Gasteiger partial charge in [0.15, 0.2) is 0 Å². The van der Waals surface area contributed by atoms with E-state index in [2.05, 4.69) is 68.5 Å². The molecule has 31 nitrogen and oxygen atoms in total. The summed E-state index contributed by atoms with van der Waals surface area (Å²) in [7, 11) is 0. The maximum atomic E-state index is 15.2. The SMILES string of the molecule is CC(=O)N[C@H]1CSCc2cccc(c2)CSC[C@H](C(N)=O)NC(=O)[C@H]([C@H](C)O)NC(=O)[C@](C)(C(C)C)NC(=O)[C@H](Cc2ccc(O)cc2)NC(=O)[C@H](C)NC(=O)C(C)(C)NC(=O)[C@H](Cc2c[nH]c3ncccc23)NC(=O)[C@H]([C@@H](C)O)NC(=O)[C@@H]2CCCN2C(=O)[C@H](Cc2cccc(C(F)(F)F)c2)NC(=O)[C@H](C(C)(C)C)NC1=O. The molecule has 7 rings (SSSR count). The fraction of sp³-hybridized carbons (Fsp3) is 0.506. The summed E-state index contributed by atoms with van der Waals surface area (Å²) in [5, 5.41) is 61.5. The number of fused-ring (bicyclic) bond motifs is 4. The van der Waals surface area contributed by atoms with Gasteiger partial charge in [0.05, 0.1) is 17.8 Å². The zero-order chi connectivity index (χ0) is 83.8. The van der Waals surface area contributed by atoms with Crippen LogP contribution in [0.25, 0.3) is 11.0 Å². The number of rotatable bonds is 11. The van der Waals surface area contributed by atoms with Gasteiger partial charge < -0.3 is 89.4 Å². The highest BCUT2D eigenvalue weighted by molar-refractivity contribution is 7.98. The fourth-order valence-corrected chi connectivity index (χ4v) is 14.6. The molecule has 614 valence electrons. The maximum Gasteiger partial charge on any atom is 0.416 e. The molecule has 13 atom stereocenters. The number of phenols is 1. The Morgan fingerprint density at radius 3 is 1.84 bits per heavy atom. The number of nitrogens with one attached hydrogen (secondary N) is 12. The first-order valence-corrected chi connectivity index (χ1v) is 39.1. The summed E-state index contributed by atoms with van der Waals surface area (Å²) in [4.78, 5) is 195. The third-order valence-electron chi connectivity index (χ3n) is 19.5. The Labute approximate surface area is 660 Å². The number of carbonyl (C=O) groups is 13. The number of aromatic hydroxyl groups is 1. The van der Waals surface area contributed by atoms with Gasteiger partial charge in [-0.3, -0.25) is 62.3 Å². The molecule has 4 heterocycles. The predicted molar refractivity (Wildman–Crippen MR) is 415 cm³/mol. The molecule has 0 radical (unpaired) electrons. The summed E-state index contributed by atoms with van der Waals surface area (Å²) in [6, 6.07) is 4.38. The number of aliphatic hydroxyl groups excluding tert-OH is 2. The molecule has 2 aromatic heterocycles. The number of aliphatic hydroxyl groups is 2. The first-order valence-electron chi connectivity index (χ1n) is 36.8. The molecule has 36 heteroatoms. The van der Waals surface area contributed by atoms with Crippen LogP contribution in [0.3, 0.4) is 0 Å². The number of pyridine rings is 1. The number of nitrogens with two attached hydrogens (primary N) is 1. The van der Waals surface area contributed by atoms with Crippen LogP contribution in [-0.2, 0) is 99.3 Å². The van der Waals surface area contributed by atoms with Gasteiger partial charge in [-0.2, -0.15) is 36.7 Å². The number of halogens is 3. The van der Waals surface area contributed by atoms with Gasteiger partial charge in [0.25, 0.3) is 0 Å². The second-order valence-corrected chi connectivity index (χ2v) is 32.6. The number of hydrogen-bond donors (Lipinski definition) is 16. The van der Waals surface area contributed by atoms with E-state index < -0.39 is 190 Å². The van der Waals surface area contributed by atoms with E-state index in [0.717, 1.165) is 41.1 Å². The molecule has 0 unspecified atom stereocenters. The van der Waals surface area contributed by atoms with Gasteiger partial charge in [-0.05, 0) is 124 Å². The fourth-order valence-electron chi connectivity index (χ4n) is 12.6. The van der Waals surface area contributed by atoms with Crippen LogP contribution in [0.15, 0.2) is 97.3 Å². The van der Waals surface area contributed by atoms with E-state index in [1.54, 1.807) is 65.0 Å². The monoisotopic (exact) mass is 1610 g/mol. The Bertz CT molecular complexity index is 4310. The van der Waals surface area contributed by atoms with E-state index in [0.29, 0.717) is 22.2 Å². The molecule has 2 aliphatic heterocycles. The largest absolute Gasteiger partial charge is 0.508 e. The molecule has 113 heavy (non-hydrogen) atoms. The number of benzene rings is 3. The standard InChI is InChI=1S/C77H102F3N15O16S2/c1-39(2)76(12)73(111)91-59(42(5)97)69(107)89-55(61(81)100)37-112-35-46-18-13-19-47(29-46)36-113-38-56(85-43(6)98)64(102)92-60(74(7,8)9)70(108)88-54(32-45-17-14-20-49(30-45)77(78,79)80)71(109)95-28-16-22-57(95)67(105)90-58(41(4)96)68(106)87-53(33-48-34-83-62-51(48)21-15-27-82-62)65(103)93-75(10,11)72(110)84-40(3)63(101)86-52(66(104)94-76)31-44-23-25-50(99)26-24-44/h13-15,17-21,23-27,29-30,34,39-42,52-60,96-97,99H,16,22,28,31-33,35-38H2,1-12H3,(H2,81,100)(H,82,83)(H,84,110)(H,85,98)(H,86,101)(H,87,106)(H,88,108)(H,89,107)(H,90,105)(H,91,111)(H,92,102)(H,93,103)(H,94,104)/t40-,41+,42-,52-,53-,54-,55+,56-,57-,58-,59-,60+,76-/m0/s1. The Kier molecular flexibility index (Phi) is 31.0. The predicted octanol–water partition coefficient (Wildman–Crippen LogP) is 1.61. The van der Waals surface area contributed by atoms with Gasteiger partial charge in [-0.25, -0.2) is 4.98 Å². The number of alkyl halides is 3. The molecule has 5 aromatic rings. The lowest BCUT2D eigenvalue weighted by molar-refractivity contribution is -0.143. The van der Waals surface area contributed by atoms with Crippen molar-refractivity contribution in [3.63, 3.8) is 0 Å². The summed E-state index contributed by atoms with van der Waals surface area (Å²) >= 11 is 2.43. The number of primary amides is 1. The number of aromatic amines is 1. The molecular formula is C77H102F3N15O16S2. The van der Waals surface area contributed by atoms with Gasteiger partial charge in [-0.1, -0.05) is 89.2 Å². The summed E-state index contributed by atoms with van der Waals surface area (Å²) in [5.74, 6) is -13.0. The van der Waals surface area contributed by atoms with E-state index in [-0.39, 0.29) is 66.6 Å². The number of aromatic nitrogens is 2. The normalized spacial score (nSPS) is 25.4. The lowest BCUT2D eigenvalue weighted by Crippen LogP contribution is -2.67. The van der Waals surface area contributed by atoms with Crippen LogP contribution in [0, 0.1) is 11.3 Å². The van der Waals surface area contributed by atoms with Crippen molar-refractivity contribution in [3.8, 4) is 5.75 Å². The van der Waals surface area contributed by atoms with E-state index in [1.165, 1.54) is 108 Å². The van der Waals surface area contributed by atoms with Crippen LogP contribution in [0.5, 0.6) is 5.75 Å². The van der Waals surface area contributed by atoms with Gasteiger partial charge in [0, 0.05) is 73.5 Å². The van der Waals surface area contributed by atoms with Crippen molar-refractivity contribution in [3.05, 3.63) is 131 Å².